The summed E-state index contributed by atoms with van der Waals surface area (Å²) in [6, 6.07) is 6.79. The van der Waals surface area contributed by atoms with Crippen LogP contribution in [0.25, 0.3) is 0 Å². The molecule has 1 aliphatic rings. The highest BCUT2D eigenvalue weighted by atomic mass is 32.2. The Hall–Kier alpha value is -0.430. The minimum Gasteiger partial charge on any atom is -0.149 e. The fourth-order valence-electron chi connectivity index (χ4n) is 1.53. The van der Waals surface area contributed by atoms with E-state index in [4.69, 9.17) is 0 Å². The van der Waals surface area contributed by atoms with E-state index in [1.807, 2.05) is 11.8 Å². The van der Waals surface area contributed by atoms with E-state index in [9.17, 15) is 0 Å². The number of fused-ring (bicyclic) bond motifs is 1. The Morgan fingerprint density at radius 1 is 1.45 bits per heavy atom. The Labute approximate surface area is 72.0 Å². The van der Waals surface area contributed by atoms with Gasteiger partial charge in [-0.25, -0.2) is 0 Å². The normalized spacial score (nSPS) is 21.8. The molecule has 0 radical (unpaired) electrons. The molecule has 2 rings (SSSR count). The molecule has 0 N–H and O–H groups in total. The number of benzene rings is 1. The van der Waals surface area contributed by atoms with Crippen molar-refractivity contribution in [2.45, 2.75) is 24.9 Å². The standard InChI is InChI=1S/C10H12S/c1-7-3-4-9-6-11-8(2)10(9)5-7/h3-5,8H,6H2,1-2H3/t8-/m1/s1. The molecule has 0 unspecified atom stereocenters. The van der Waals surface area contributed by atoms with Crippen LogP contribution in [0.3, 0.4) is 0 Å². The fraction of sp³-hybridized carbons (Fsp3) is 0.400. The molecule has 1 aromatic rings. The molecule has 0 amide bonds. The first-order valence-corrected chi connectivity index (χ1v) is 5.03. The van der Waals surface area contributed by atoms with Crippen molar-refractivity contribution in [3.63, 3.8) is 0 Å². The van der Waals surface area contributed by atoms with Crippen molar-refractivity contribution in [1.82, 2.24) is 0 Å². The highest BCUT2D eigenvalue weighted by molar-refractivity contribution is 7.99. The lowest BCUT2D eigenvalue weighted by Crippen LogP contribution is -1.85. The highest BCUT2D eigenvalue weighted by Crippen LogP contribution is 2.41. The van der Waals surface area contributed by atoms with Crippen LogP contribution in [0, 0.1) is 6.92 Å². The van der Waals surface area contributed by atoms with Gasteiger partial charge < -0.3 is 0 Å². The molecule has 11 heavy (non-hydrogen) atoms. The van der Waals surface area contributed by atoms with E-state index in [-0.39, 0.29) is 0 Å². The monoisotopic (exact) mass is 164 g/mol. The van der Waals surface area contributed by atoms with Crippen LogP contribution in [0.1, 0.15) is 28.9 Å². The minimum absolute atomic E-state index is 0.713. The lowest BCUT2D eigenvalue weighted by atomic mass is 10.0. The smallest absolute Gasteiger partial charge is 0.0275 e. The van der Waals surface area contributed by atoms with Gasteiger partial charge in [-0.3, -0.25) is 0 Å². The number of aryl methyl sites for hydroxylation is 1. The first-order chi connectivity index (χ1) is 5.27. The lowest BCUT2D eigenvalue weighted by molar-refractivity contribution is 1.10. The van der Waals surface area contributed by atoms with Crippen LogP contribution >= 0.6 is 11.8 Å². The summed E-state index contributed by atoms with van der Waals surface area (Å²) in [6.07, 6.45) is 0. The van der Waals surface area contributed by atoms with Gasteiger partial charge in [0.05, 0.1) is 0 Å². The molecule has 1 aliphatic heterocycles. The lowest BCUT2D eigenvalue weighted by Gasteiger charge is -2.03. The van der Waals surface area contributed by atoms with Gasteiger partial charge in [0.2, 0.25) is 0 Å². The van der Waals surface area contributed by atoms with E-state index >= 15 is 0 Å². The van der Waals surface area contributed by atoms with Gasteiger partial charge in [-0.05, 0) is 25.0 Å². The predicted molar refractivity (Wildman–Crippen MR) is 50.9 cm³/mol. The van der Waals surface area contributed by atoms with Gasteiger partial charge >= 0.3 is 0 Å². The molecule has 0 fully saturated rings. The van der Waals surface area contributed by atoms with E-state index in [2.05, 4.69) is 32.0 Å². The zero-order valence-corrected chi connectivity index (χ0v) is 7.74. The second-order valence-electron chi connectivity index (χ2n) is 3.16. The fourth-order valence-corrected chi connectivity index (χ4v) is 2.62. The quantitative estimate of drug-likeness (QED) is 0.567. The van der Waals surface area contributed by atoms with Gasteiger partial charge in [0.25, 0.3) is 0 Å². The highest BCUT2D eigenvalue weighted by Gasteiger charge is 2.17. The molecular weight excluding hydrogens is 152 g/mol. The maximum Gasteiger partial charge on any atom is 0.0275 e. The molecule has 0 spiro atoms. The van der Waals surface area contributed by atoms with Crippen molar-refractivity contribution in [3.8, 4) is 0 Å². The zero-order valence-electron chi connectivity index (χ0n) is 6.92. The summed E-state index contributed by atoms with van der Waals surface area (Å²) in [6.45, 7) is 4.45. The average Bonchev–Trinajstić information content (AvgIpc) is 2.33. The average molecular weight is 164 g/mol. The summed E-state index contributed by atoms with van der Waals surface area (Å²) in [4.78, 5) is 0. The Balaban J connectivity index is 2.52. The minimum atomic E-state index is 0.713. The molecular formula is C10H12S. The third-order valence-corrected chi connectivity index (χ3v) is 3.46. The van der Waals surface area contributed by atoms with Crippen molar-refractivity contribution in [1.29, 1.82) is 0 Å². The number of thioether (sulfide) groups is 1. The largest absolute Gasteiger partial charge is 0.149 e. The van der Waals surface area contributed by atoms with E-state index in [0.717, 1.165) is 0 Å². The Kier molecular flexibility index (Phi) is 1.68. The van der Waals surface area contributed by atoms with Crippen LogP contribution in [0.15, 0.2) is 18.2 Å². The molecule has 0 nitrogen and oxygen atoms in total. The Morgan fingerprint density at radius 2 is 2.27 bits per heavy atom. The van der Waals surface area contributed by atoms with Crippen LogP contribution in [-0.2, 0) is 5.75 Å². The third kappa shape index (κ3) is 1.18. The van der Waals surface area contributed by atoms with E-state index in [1.165, 1.54) is 16.9 Å². The second kappa shape index (κ2) is 2.56. The van der Waals surface area contributed by atoms with Gasteiger partial charge in [-0.15, -0.1) is 11.8 Å². The maximum absolute atomic E-state index is 2.32. The summed E-state index contributed by atoms with van der Waals surface area (Å²) in [5.74, 6) is 1.21. The number of hydrogen-bond acceptors (Lipinski definition) is 1. The Bertz CT molecular complexity index is 278. The maximum atomic E-state index is 2.32. The molecule has 1 heteroatoms. The number of hydrogen-bond donors (Lipinski definition) is 0. The van der Waals surface area contributed by atoms with Crippen molar-refractivity contribution in [3.05, 3.63) is 34.9 Å². The van der Waals surface area contributed by atoms with Crippen LogP contribution in [0.5, 0.6) is 0 Å². The molecule has 0 saturated heterocycles. The van der Waals surface area contributed by atoms with Gasteiger partial charge in [-0.1, -0.05) is 23.8 Å². The van der Waals surface area contributed by atoms with Crippen molar-refractivity contribution in [2.75, 3.05) is 0 Å². The van der Waals surface area contributed by atoms with E-state index in [0.29, 0.717) is 5.25 Å². The van der Waals surface area contributed by atoms with Gasteiger partial charge in [-0.2, -0.15) is 0 Å². The molecule has 1 heterocycles. The summed E-state index contributed by atoms with van der Waals surface area (Å²) < 4.78 is 0. The molecule has 0 aromatic heterocycles. The number of rotatable bonds is 0. The summed E-state index contributed by atoms with van der Waals surface area (Å²) >= 11 is 2.03. The molecule has 1 atom stereocenters. The van der Waals surface area contributed by atoms with Crippen molar-refractivity contribution >= 4 is 11.8 Å². The summed E-state index contributed by atoms with van der Waals surface area (Å²) in [5, 5.41) is 0.713. The summed E-state index contributed by atoms with van der Waals surface area (Å²) in [7, 11) is 0. The second-order valence-corrected chi connectivity index (χ2v) is 4.48. The van der Waals surface area contributed by atoms with Gasteiger partial charge in [0.1, 0.15) is 0 Å². The first-order valence-electron chi connectivity index (χ1n) is 3.98. The van der Waals surface area contributed by atoms with Crippen LogP contribution in [0.2, 0.25) is 0 Å². The van der Waals surface area contributed by atoms with Crippen LogP contribution in [-0.4, -0.2) is 0 Å². The topological polar surface area (TPSA) is 0 Å². The van der Waals surface area contributed by atoms with Crippen molar-refractivity contribution < 1.29 is 0 Å². The molecule has 0 saturated carbocycles. The molecule has 0 bridgehead atoms. The van der Waals surface area contributed by atoms with Crippen molar-refractivity contribution in [2.24, 2.45) is 0 Å². The van der Waals surface area contributed by atoms with E-state index < -0.39 is 0 Å². The van der Waals surface area contributed by atoms with Crippen LogP contribution in [0.4, 0.5) is 0 Å². The molecule has 0 aliphatic carbocycles. The zero-order chi connectivity index (χ0) is 7.84. The van der Waals surface area contributed by atoms with E-state index in [1.54, 1.807) is 5.56 Å². The predicted octanol–water partition coefficient (Wildman–Crippen LogP) is 3.30. The third-order valence-electron chi connectivity index (χ3n) is 2.23. The Morgan fingerprint density at radius 3 is 3.09 bits per heavy atom. The van der Waals surface area contributed by atoms with Gasteiger partial charge in [0, 0.05) is 11.0 Å². The first kappa shape index (κ1) is 7.23. The van der Waals surface area contributed by atoms with Gasteiger partial charge in [0.15, 0.2) is 0 Å². The molecule has 1 aromatic carbocycles. The summed E-state index contributed by atoms with van der Waals surface area (Å²) in [5.41, 5.74) is 4.47. The SMILES string of the molecule is Cc1ccc2c(c1)[C@@H](C)SC2. The molecule has 58 valence electrons. The van der Waals surface area contributed by atoms with Crippen LogP contribution < -0.4 is 0 Å².